The summed E-state index contributed by atoms with van der Waals surface area (Å²) in [6.45, 7) is 3.58. The minimum atomic E-state index is -0.910. The molecule has 218 valence electrons. The number of carbonyl (C=O) groups is 2. The third-order valence-electron chi connectivity index (χ3n) is 6.77. The lowest BCUT2D eigenvalue weighted by Gasteiger charge is -2.25. The number of ether oxygens (including phenoxy) is 4. The first-order chi connectivity index (χ1) is 20.2. The normalized spacial score (nSPS) is 22.5. The summed E-state index contributed by atoms with van der Waals surface area (Å²) in [4.78, 5) is 37.8. The summed E-state index contributed by atoms with van der Waals surface area (Å²) in [5.41, 5.74) is 9.15. The highest BCUT2D eigenvalue weighted by atomic mass is 16.8. The van der Waals surface area contributed by atoms with Crippen molar-refractivity contribution in [2.75, 3.05) is 23.0 Å². The number of hydrogen-bond acceptors (Lipinski definition) is 11. The van der Waals surface area contributed by atoms with Gasteiger partial charge in [0.1, 0.15) is 37.0 Å². The molecule has 4 heterocycles. The van der Waals surface area contributed by atoms with Gasteiger partial charge in [0.05, 0.1) is 11.9 Å². The monoisotopic (exact) mass is 576 g/mol. The second-order valence-electron chi connectivity index (χ2n) is 10.1. The number of nitrogens with one attached hydrogen (secondary N) is 3. The van der Waals surface area contributed by atoms with Crippen molar-refractivity contribution in [1.82, 2.24) is 25.0 Å². The molecule has 2 aromatic heterocycles. The Morgan fingerprint density at radius 2 is 1.86 bits per heavy atom. The van der Waals surface area contributed by atoms with E-state index >= 15 is 0 Å². The minimum absolute atomic E-state index is 0.0131. The predicted octanol–water partition coefficient (Wildman–Crippen LogP) is 2.67. The molecule has 15 heteroatoms. The van der Waals surface area contributed by atoms with Gasteiger partial charge in [-0.1, -0.05) is 18.2 Å². The highest BCUT2D eigenvalue weighted by Crippen LogP contribution is 2.44. The van der Waals surface area contributed by atoms with Gasteiger partial charge in [0.25, 0.3) is 5.91 Å². The third kappa shape index (κ3) is 5.28. The van der Waals surface area contributed by atoms with Gasteiger partial charge in [-0.15, -0.1) is 0 Å². The van der Waals surface area contributed by atoms with Crippen LogP contribution in [0.2, 0.25) is 0 Å². The van der Waals surface area contributed by atoms with Crippen molar-refractivity contribution in [2.45, 2.75) is 44.2 Å². The molecule has 6 rings (SSSR count). The summed E-state index contributed by atoms with van der Waals surface area (Å²) in [7, 11) is 0. The van der Waals surface area contributed by atoms with E-state index in [1.165, 1.54) is 24.8 Å². The van der Waals surface area contributed by atoms with Gasteiger partial charge in [0, 0.05) is 11.4 Å². The topological polar surface area (TPSA) is 197 Å². The Hall–Kier alpha value is -4.83. The van der Waals surface area contributed by atoms with Gasteiger partial charge in [-0.25, -0.2) is 25.2 Å². The zero-order valence-corrected chi connectivity index (χ0v) is 22.6. The summed E-state index contributed by atoms with van der Waals surface area (Å²) in [5.74, 6) is -1.27. The Bertz CT molecular complexity index is 1630. The number of urea groups is 1. The molecule has 0 radical (unpaired) electrons. The molecule has 0 aliphatic carbocycles. The molecule has 2 aliphatic heterocycles. The van der Waals surface area contributed by atoms with Gasteiger partial charge in [0.2, 0.25) is 0 Å². The lowest BCUT2D eigenvalue weighted by Crippen LogP contribution is -2.34. The molecule has 2 aliphatic rings. The molecular formula is C27H28N8O7. The molecule has 6 N–H and O–H groups in total. The minimum Gasteiger partial charge on any atom is -0.490 e. The molecule has 3 amide bonds. The van der Waals surface area contributed by atoms with Crippen LogP contribution in [0.5, 0.6) is 5.75 Å². The number of benzene rings is 2. The molecule has 2 fully saturated rings. The fraction of sp³-hybridized carbons (Fsp3) is 0.296. The highest BCUT2D eigenvalue weighted by Gasteiger charge is 2.56. The zero-order chi connectivity index (χ0) is 29.4. The maximum absolute atomic E-state index is 12.6. The van der Waals surface area contributed by atoms with E-state index in [0.717, 1.165) is 0 Å². The number of hydrogen-bond donors (Lipinski definition) is 5. The zero-order valence-electron chi connectivity index (χ0n) is 22.6. The standard InChI is InChI=1S/C27H28N8O7/c1-27(2)41-20-18(11-39-17-9-8-14(28)10-16(17)24(36)34-38)40-25(21(20)42-27)35-13-31-19-22(29-12-30-23(19)35)33-26(37)32-15-6-4-3-5-7-15/h3-10,12-13,18,20-21,25,38H,11,28H2,1-2H3,(H,34,36)(H2,29,30,32,33,37)/t18?,20?,21-,25?/m0/s1. The fourth-order valence-electron chi connectivity index (χ4n) is 5.02. The second-order valence-corrected chi connectivity index (χ2v) is 10.1. The Labute approximate surface area is 238 Å². The van der Waals surface area contributed by atoms with Crippen LogP contribution in [-0.4, -0.2) is 67.4 Å². The number of fused-ring (bicyclic) bond motifs is 2. The number of nitrogens with zero attached hydrogens (tertiary/aromatic N) is 4. The van der Waals surface area contributed by atoms with E-state index in [2.05, 4.69) is 25.6 Å². The highest BCUT2D eigenvalue weighted by molar-refractivity contribution is 6.03. The molecule has 3 unspecified atom stereocenters. The van der Waals surface area contributed by atoms with E-state index in [1.54, 1.807) is 42.1 Å². The SMILES string of the molecule is CC1(C)OC2C(COc3ccc(N)cc3C(=O)NO)OC(n3cnc4c(NC(=O)Nc5ccccc5)ncnc43)[C@H]2O1. The van der Waals surface area contributed by atoms with Crippen LogP contribution in [-0.2, 0) is 14.2 Å². The number of carbonyl (C=O) groups excluding carboxylic acids is 2. The maximum atomic E-state index is 12.6. The molecule has 4 aromatic rings. The van der Waals surface area contributed by atoms with Crippen LogP contribution >= 0.6 is 0 Å². The number of nitrogen functional groups attached to an aromatic ring is 1. The van der Waals surface area contributed by atoms with Crippen molar-refractivity contribution in [1.29, 1.82) is 0 Å². The van der Waals surface area contributed by atoms with Gasteiger partial charge < -0.3 is 30.0 Å². The number of nitrogens with two attached hydrogens (primary N) is 1. The van der Waals surface area contributed by atoms with Crippen molar-refractivity contribution < 1.29 is 33.7 Å². The fourth-order valence-corrected chi connectivity index (χ4v) is 5.02. The van der Waals surface area contributed by atoms with E-state index in [4.69, 9.17) is 29.9 Å². The van der Waals surface area contributed by atoms with Crippen molar-refractivity contribution >= 4 is 40.3 Å². The Balaban J connectivity index is 1.24. The molecule has 42 heavy (non-hydrogen) atoms. The molecule has 15 nitrogen and oxygen atoms in total. The van der Waals surface area contributed by atoms with Crippen molar-refractivity contribution in [3.8, 4) is 5.75 Å². The van der Waals surface area contributed by atoms with Gasteiger partial charge in [-0.2, -0.15) is 0 Å². The summed E-state index contributed by atoms with van der Waals surface area (Å²) < 4.78 is 26.4. The molecule has 2 aromatic carbocycles. The summed E-state index contributed by atoms with van der Waals surface area (Å²) >= 11 is 0. The third-order valence-corrected chi connectivity index (χ3v) is 6.77. The first-order valence-electron chi connectivity index (χ1n) is 13.0. The Morgan fingerprint density at radius 3 is 2.64 bits per heavy atom. The Kier molecular flexibility index (Phi) is 7.07. The molecule has 0 bridgehead atoms. The summed E-state index contributed by atoms with van der Waals surface area (Å²) in [6.07, 6.45) is 0.396. The average molecular weight is 577 g/mol. The first-order valence-corrected chi connectivity index (χ1v) is 13.0. The lowest BCUT2D eigenvalue weighted by atomic mass is 10.1. The Morgan fingerprint density at radius 1 is 1.07 bits per heavy atom. The largest absolute Gasteiger partial charge is 0.490 e. The first kappa shape index (κ1) is 27.3. The van der Waals surface area contributed by atoms with Gasteiger partial charge in [0.15, 0.2) is 29.0 Å². The van der Waals surface area contributed by atoms with E-state index < -0.39 is 42.3 Å². The number of aromatic nitrogens is 4. The molecule has 2 saturated heterocycles. The smallest absolute Gasteiger partial charge is 0.324 e. The maximum Gasteiger partial charge on any atom is 0.324 e. The van der Waals surface area contributed by atoms with Crippen LogP contribution in [0, 0.1) is 0 Å². The predicted molar refractivity (Wildman–Crippen MR) is 148 cm³/mol. The van der Waals surface area contributed by atoms with Crippen LogP contribution in [0.3, 0.4) is 0 Å². The molecular weight excluding hydrogens is 548 g/mol. The van der Waals surface area contributed by atoms with Gasteiger partial charge >= 0.3 is 6.03 Å². The summed E-state index contributed by atoms with van der Waals surface area (Å²) in [5, 5.41) is 14.6. The number of anilines is 3. The van der Waals surface area contributed by atoms with Crippen molar-refractivity contribution in [3.63, 3.8) is 0 Å². The van der Waals surface area contributed by atoms with E-state index in [0.29, 0.717) is 22.5 Å². The number of amides is 3. The lowest BCUT2D eigenvalue weighted by molar-refractivity contribution is -0.198. The van der Waals surface area contributed by atoms with Crippen molar-refractivity contribution in [2.24, 2.45) is 0 Å². The van der Waals surface area contributed by atoms with E-state index in [9.17, 15) is 9.59 Å². The molecule has 0 saturated carbocycles. The van der Waals surface area contributed by atoms with Crippen LogP contribution in [0.25, 0.3) is 11.2 Å². The van der Waals surface area contributed by atoms with Crippen LogP contribution in [0.4, 0.5) is 22.0 Å². The van der Waals surface area contributed by atoms with Crippen molar-refractivity contribution in [3.05, 3.63) is 66.7 Å². The number of para-hydroxylation sites is 1. The second kappa shape index (κ2) is 10.9. The van der Waals surface area contributed by atoms with E-state index in [-0.39, 0.29) is 23.7 Å². The van der Waals surface area contributed by atoms with Gasteiger partial charge in [-0.3, -0.25) is 19.9 Å². The average Bonchev–Trinajstić information content (AvgIpc) is 3.63. The van der Waals surface area contributed by atoms with Crippen LogP contribution in [0.15, 0.2) is 61.2 Å². The number of rotatable bonds is 7. The summed E-state index contributed by atoms with van der Waals surface area (Å²) in [6, 6.07) is 13.0. The van der Waals surface area contributed by atoms with Gasteiger partial charge in [-0.05, 0) is 44.2 Å². The molecule has 0 spiro atoms. The van der Waals surface area contributed by atoms with E-state index in [1.807, 2.05) is 18.2 Å². The number of hydroxylamine groups is 1. The quantitative estimate of drug-likeness (QED) is 0.123. The van der Waals surface area contributed by atoms with Crippen LogP contribution < -0.4 is 26.6 Å². The van der Waals surface area contributed by atoms with Crippen LogP contribution in [0.1, 0.15) is 30.4 Å². The number of imidazole rings is 1. The molecule has 4 atom stereocenters.